The Balaban J connectivity index is 1.85. The van der Waals surface area contributed by atoms with Gasteiger partial charge in [0.2, 0.25) is 11.5 Å². The quantitative estimate of drug-likeness (QED) is 0.806. The molecule has 25 heavy (non-hydrogen) atoms. The summed E-state index contributed by atoms with van der Waals surface area (Å²) in [5.41, 5.74) is 4.65. The smallest absolute Gasteiger partial charge is 0.295 e. The molecule has 1 aromatic heterocycles. The van der Waals surface area contributed by atoms with E-state index in [1.165, 1.54) is 29.2 Å². The van der Waals surface area contributed by atoms with Crippen molar-refractivity contribution in [3.63, 3.8) is 0 Å². The number of nitriles is 1. The number of aromatic nitrogens is 2. The Morgan fingerprint density at radius 2 is 2.36 bits per heavy atom. The Morgan fingerprint density at radius 3 is 3.04 bits per heavy atom. The number of ketones is 1. The van der Waals surface area contributed by atoms with Crippen molar-refractivity contribution in [2.24, 2.45) is 0 Å². The second kappa shape index (κ2) is 7.01. The first-order chi connectivity index (χ1) is 12.0. The zero-order valence-electron chi connectivity index (χ0n) is 13.9. The summed E-state index contributed by atoms with van der Waals surface area (Å²) in [6.07, 6.45) is 8.92. The van der Waals surface area contributed by atoms with Crippen LogP contribution in [-0.2, 0) is 11.3 Å². The minimum absolute atomic E-state index is 0.0928. The van der Waals surface area contributed by atoms with Crippen LogP contribution in [0.4, 0.5) is 0 Å². The van der Waals surface area contributed by atoms with E-state index in [1.54, 1.807) is 13.0 Å². The van der Waals surface area contributed by atoms with E-state index in [0.717, 1.165) is 25.0 Å². The first-order valence-electron chi connectivity index (χ1n) is 8.09. The van der Waals surface area contributed by atoms with Gasteiger partial charge in [0.05, 0.1) is 12.5 Å². The minimum Gasteiger partial charge on any atom is -0.454 e. The van der Waals surface area contributed by atoms with E-state index in [2.05, 4.69) is 15.8 Å². The van der Waals surface area contributed by atoms with Crippen LogP contribution in [0.25, 0.3) is 0 Å². The number of nitrogens with zero attached hydrogens (tertiary/aromatic N) is 3. The molecule has 1 saturated heterocycles. The molecule has 1 aromatic rings. The van der Waals surface area contributed by atoms with Gasteiger partial charge >= 0.3 is 0 Å². The zero-order valence-corrected chi connectivity index (χ0v) is 13.9. The molecule has 0 amide bonds. The van der Waals surface area contributed by atoms with Gasteiger partial charge in [0, 0.05) is 19.1 Å². The monoisotopic (exact) mass is 341 g/mol. The van der Waals surface area contributed by atoms with E-state index in [4.69, 9.17) is 4.74 Å². The summed E-state index contributed by atoms with van der Waals surface area (Å²) >= 11 is 0. The molecule has 0 spiro atoms. The van der Waals surface area contributed by atoms with Crippen LogP contribution < -0.4 is 21.1 Å². The number of hydrogen-bond acceptors (Lipinski definition) is 7. The zero-order chi connectivity index (χ0) is 17.9. The lowest BCUT2D eigenvalue weighted by Gasteiger charge is -2.26. The molecule has 0 aromatic carbocycles. The molecule has 0 bridgehead atoms. The summed E-state index contributed by atoms with van der Waals surface area (Å²) in [6, 6.07) is 1.96. The molecule has 1 aliphatic heterocycles. The number of hydrazine groups is 1. The number of nitrogens with one attached hydrogen (secondary N) is 2. The second-order valence-corrected chi connectivity index (χ2v) is 6.16. The van der Waals surface area contributed by atoms with Gasteiger partial charge in [0.1, 0.15) is 6.07 Å². The van der Waals surface area contributed by atoms with E-state index in [-0.39, 0.29) is 11.8 Å². The van der Waals surface area contributed by atoms with Crippen LogP contribution in [0.2, 0.25) is 0 Å². The minimum atomic E-state index is -1.83. The average molecular weight is 341 g/mol. The van der Waals surface area contributed by atoms with Gasteiger partial charge < -0.3 is 4.74 Å². The van der Waals surface area contributed by atoms with Gasteiger partial charge in [0.15, 0.2) is 0 Å². The Labute approximate surface area is 144 Å². The molecule has 2 unspecified atom stereocenters. The number of hydrogen-bond donors (Lipinski definition) is 2. The van der Waals surface area contributed by atoms with Crippen LogP contribution in [0.3, 0.4) is 0 Å². The Hall–Kier alpha value is -2.76. The Kier molecular flexibility index (Phi) is 4.79. The molecular weight excluding hydrogens is 322 g/mol. The van der Waals surface area contributed by atoms with Gasteiger partial charge in [-0.1, -0.05) is 6.08 Å². The number of carbonyl (C=O) groups excluding carboxylic acids is 1. The summed E-state index contributed by atoms with van der Waals surface area (Å²) in [7, 11) is 0. The predicted molar refractivity (Wildman–Crippen MR) is 89.5 cm³/mol. The van der Waals surface area contributed by atoms with Crippen molar-refractivity contribution < 1.29 is 9.53 Å². The summed E-state index contributed by atoms with van der Waals surface area (Å²) in [4.78, 5) is 28.9. The van der Waals surface area contributed by atoms with Crippen molar-refractivity contribution in [3.8, 4) is 11.8 Å². The Morgan fingerprint density at radius 1 is 1.52 bits per heavy atom. The van der Waals surface area contributed by atoms with Crippen molar-refractivity contribution in [2.75, 3.05) is 6.54 Å². The molecule has 0 radical (unpaired) electrons. The molecule has 3 rings (SSSR count). The average Bonchev–Trinajstić information content (AvgIpc) is 2.62. The first kappa shape index (κ1) is 17.1. The van der Waals surface area contributed by atoms with Crippen molar-refractivity contribution in [2.45, 2.75) is 38.0 Å². The third-order valence-corrected chi connectivity index (χ3v) is 4.19. The Bertz CT molecular complexity index is 829. The molecule has 8 nitrogen and oxygen atoms in total. The van der Waals surface area contributed by atoms with Crippen molar-refractivity contribution in [3.05, 3.63) is 46.7 Å². The molecule has 130 valence electrons. The maximum absolute atomic E-state index is 12.6. The van der Waals surface area contributed by atoms with Crippen LogP contribution in [-0.4, -0.2) is 33.5 Å². The molecule has 2 aliphatic rings. The van der Waals surface area contributed by atoms with Gasteiger partial charge in [-0.3, -0.25) is 25.0 Å². The molecule has 8 heteroatoms. The van der Waals surface area contributed by atoms with Gasteiger partial charge in [-0.05, 0) is 37.5 Å². The van der Waals surface area contributed by atoms with Crippen molar-refractivity contribution in [1.82, 2.24) is 20.4 Å². The molecule has 1 fully saturated rings. The lowest BCUT2D eigenvalue weighted by atomic mass is 9.92. The first-order valence-corrected chi connectivity index (χ1v) is 8.09. The van der Waals surface area contributed by atoms with Crippen LogP contribution in [0, 0.1) is 11.3 Å². The van der Waals surface area contributed by atoms with Gasteiger partial charge in [-0.2, -0.15) is 5.26 Å². The van der Waals surface area contributed by atoms with E-state index < -0.39 is 16.9 Å². The maximum Gasteiger partial charge on any atom is 0.295 e. The van der Waals surface area contributed by atoms with Crippen LogP contribution in [0.1, 0.15) is 19.8 Å². The number of rotatable bonds is 4. The largest absolute Gasteiger partial charge is 0.454 e. The van der Waals surface area contributed by atoms with Gasteiger partial charge in [-0.25, -0.2) is 4.98 Å². The second-order valence-electron chi connectivity index (χ2n) is 6.16. The van der Waals surface area contributed by atoms with Gasteiger partial charge in [0.25, 0.3) is 11.2 Å². The summed E-state index contributed by atoms with van der Waals surface area (Å²) in [5, 5.41) is 9.46. The standard InChI is InChI=1S/C17H19N5O3/c1-12-4-5-17(10-18,15(23)7-12)25-14-8-19-11-22(16(14)24)9-13-3-2-6-20-21-13/h4-5,7-8,11,13,20-21H,2-3,6,9H2,1H3. The van der Waals surface area contributed by atoms with Crippen molar-refractivity contribution in [1.29, 1.82) is 5.26 Å². The highest BCUT2D eigenvalue weighted by molar-refractivity contribution is 6.03. The van der Waals surface area contributed by atoms with Crippen LogP contribution in [0.5, 0.6) is 5.75 Å². The van der Waals surface area contributed by atoms with E-state index in [1.807, 2.05) is 6.07 Å². The predicted octanol–water partition coefficient (Wildman–Crippen LogP) is 0.226. The van der Waals surface area contributed by atoms with E-state index in [0.29, 0.717) is 6.54 Å². The molecule has 2 heterocycles. The summed E-state index contributed by atoms with van der Waals surface area (Å²) < 4.78 is 6.96. The lowest BCUT2D eigenvalue weighted by Crippen LogP contribution is -2.49. The van der Waals surface area contributed by atoms with Gasteiger partial charge in [-0.15, -0.1) is 0 Å². The van der Waals surface area contributed by atoms with E-state index >= 15 is 0 Å². The molecular formula is C17H19N5O3. The van der Waals surface area contributed by atoms with Crippen molar-refractivity contribution >= 4 is 5.78 Å². The summed E-state index contributed by atoms with van der Waals surface area (Å²) in [5.74, 6) is -0.637. The fourth-order valence-corrected chi connectivity index (χ4v) is 2.80. The van der Waals surface area contributed by atoms with Crippen LogP contribution in [0.15, 0.2) is 41.1 Å². The highest BCUT2D eigenvalue weighted by Gasteiger charge is 2.40. The fourth-order valence-electron chi connectivity index (χ4n) is 2.80. The lowest BCUT2D eigenvalue weighted by molar-refractivity contribution is -0.122. The topological polar surface area (TPSA) is 109 Å². The fraction of sp³-hybridized carbons (Fsp3) is 0.412. The van der Waals surface area contributed by atoms with Crippen LogP contribution >= 0.6 is 0 Å². The third-order valence-electron chi connectivity index (χ3n) is 4.19. The SMILES string of the molecule is CC1=CC(=O)C(C#N)(Oc2cncn(CC3CCCNN3)c2=O)C=C1. The normalized spacial score (nSPS) is 26.0. The number of carbonyl (C=O) groups is 1. The number of allylic oxidation sites excluding steroid dienone is 2. The highest BCUT2D eigenvalue weighted by Crippen LogP contribution is 2.22. The third kappa shape index (κ3) is 3.52. The number of ether oxygens (including phenoxy) is 1. The maximum atomic E-state index is 12.6. The highest BCUT2D eigenvalue weighted by atomic mass is 16.5. The summed E-state index contributed by atoms with van der Waals surface area (Å²) in [6.45, 7) is 3.05. The molecule has 2 atom stereocenters. The molecule has 1 aliphatic carbocycles. The molecule has 2 N–H and O–H groups in total. The molecule has 0 saturated carbocycles. The van der Waals surface area contributed by atoms with E-state index in [9.17, 15) is 14.9 Å².